The highest BCUT2D eigenvalue weighted by Gasteiger charge is 2.43. The van der Waals surface area contributed by atoms with Crippen LogP contribution in [0, 0.1) is 5.92 Å². The van der Waals surface area contributed by atoms with Crippen molar-refractivity contribution in [3.05, 3.63) is 107 Å². The van der Waals surface area contributed by atoms with E-state index in [-0.39, 0.29) is 45.0 Å². The summed E-state index contributed by atoms with van der Waals surface area (Å²) in [5.41, 5.74) is 6.67. The van der Waals surface area contributed by atoms with E-state index in [2.05, 4.69) is 202 Å². The maximum absolute atomic E-state index is 10.4. The molecular formula is C54H89BrN2O4. The number of hydrogen-bond acceptors (Lipinski definition) is 6. The van der Waals surface area contributed by atoms with E-state index in [1.54, 1.807) is 6.92 Å². The van der Waals surface area contributed by atoms with Crippen molar-refractivity contribution in [1.82, 2.24) is 10.1 Å². The number of carbonyl (C=O) groups is 1. The van der Waals surface area contributed by atoms with Crippen LogP contribution in [-0.2, 0) is 27.3 Å². The Morgan fingerprint density at radius 1 is 0.721 bits per heavy atom. The number of alkyl halides is 1. The Morgan fingerprint density at radius 3 is 1.48 bits per heavy atom. The van der Waals surface area contributed by atoms with Crippen molar-refractivity contribution in [2.24, 2.45) is 5.92 Å². The minimum absolute atomic E-state index is 0.00450. The summed E-state index contributed by atoms with van der Waals surface area (Å²) in [5.74, 6) is 0.596. The van der Waals surface area contributed by atoms with E-state index >= 15 is 0 Å². The number of ketones is 1. The third kappa shape index (κ3) is 20.3. The predicted molar refractivity (Wildman–Crippen MR) is 265 cm³/mol. The van der Waals surface area contributed by atoms with Gasteiger partial charge in [0.2, 0.25) is 0 Å². The summed E-state index contributed by atoms with van der Waals surface area (Å²) in [4.78, 5) is 23.5. The number of unbranched alkanes of at least 4 members (excludes halogenated alkanes) is 1. The monoisotopic (exact) mass is 909 g/mol. The van der Waals surface area contributed by atoms with Gasteiger partial charge in [0.25, 0.3) is 0 Å². The summed E-state index contributed by atoms with van der Waals surface area (Å²) in [5, 5.41) is 12.5. The van der Waals surface area contributed by atoms with Crippen molar-refractivity contribution in [3.63, 3.8) is 0 Å². The molecule has 346 valence electrons. The third-order valence-electron chi connectivity index (χ3n) is 11.2. The van der Waals surface area contributed by atoms with Crippen LogP contribution >= 0.6 is 15.9 Å². The normalized spacial score (nSPS) is 16.5. The summed E-state index contributed by atoms with van der Waals surface area (Å²) < 4.78 is -0.326. The molecule has 7 heteroatoms. The molecule has 0 aromatic heterocycles. The van der Waals surface area contributed by atoms with Gasteiger partial charge in [0, 0.05) is 23.2 Å². The molecule has 1 saturated heterocycles. The van der Waals surface area contributed by atoms with Crippen molar-refractivity contribution in [2.45, 2.75) is 215 Å². The molecule has 61 heavy (non-hydrogen) atoms. The molecule has 3 atom stereocenters. The number of Topliss-reactive ketones (excluding diaryl/α,β-unsaturated/α-hetero) is 1. The molecule has 6 nitrogen and oxygen atoms in total. The molecular weight excluding hydrogens is 821 g/mol. The van der Waals surface area contributed by atoms with Gasteiger partial charge in [-0.3, -0.25) is 14.5 Å². The van der Waals surface area contributed by atoms with E-state index in [1.165, 1.54) is 59.9 Å². The van der Waals surface area contributed by atoms with E-state index in [9.17, 15) is 4.79 Å². The molecule has 1 aliphatic rings. The van der Waals surface area contributed by atoms with Gasteiger partial charge in [0.15, 0.2) is 0 Å². The SMILES string of the molecule is CC(=O)C(C)(C)Br.CCCCO.CCCc1ccc(C(C)ON(C(c2ccccc2)C(C)C)C(C)(C)C)cc1.CCCc1ccc(C(C)ON2C(C)(C)CCCC2(C)C)cc1. The van der Waals surface area contributed by atoms with Crippen LogP contribution in [-0.4, -0.2) is 48.6 Å². The van der Waals surface area contributed by atoms with Crippen LogP contribution in [0.3, 0.4) is 0 Å². The minimum atomic E-state index is -0.326. The molecule has 3 unspecified atom stereocenters. The predicted octanol–water partition coefficient (Wildman–Crippen LogP) is 15.3. The Morgan fingerprint density at radius 2 is 1.15 bits per heavy atom. The number of carbonyl (C=O) groups excluding carboxylic acids is 1. The van der Waals surface area contributed by atoms with Crippen LogP contribution in [0.5, 0.6) is 0 Å². The first-order chi connectivity index (χ1) is 28.4. The van der Waals surface area contributed by atoms with Crippen molar-refractivity contribution >= 4 is 21.7 Å². The van der Waals surface area contributed by atoms with Crippen molar-refractivity contribution in [2.75, 3.05) is 6.61 Å². The Kier molecular flexibility index (Phi) is 25.1. The lowest BCUT2D eigenvalue weighted by atomic mass is 9.82. The fraction of sp³-hybridized carbons (Fsp3) is 0.648. The number of aliphatic hydroxyl groups is 1. The fourth-order valence-corrected chi connectivity index (χ4v) is 7.44. The number of hydroxylamine groups is 4. The number of benzene rings is 3. The van der Waals surface area contributed by atoms with Gasteiger partial charge in [-0.25, -0.2) is 0 Å². The molecule has 1 aliphatic heterocycles. The number of nitrogens with zero attached hydrogens (tertiary/aromatic N) is 2. The number of aryl methyl sites for hydroxylation is 2. The third-order valence-corrected chi connectivity index (χ3v) is 11.8. The van der Waals surface area contributed by atoms with Gasteiger partial charge in [0.1, 0.15) is 18.0 Å². The zero-order valence-electron chi connectivity index (χ0n) is 41.8. The van der Waals surface area contributed by atoms with E-state index in [0.717, 1.165) is 25.7 Å². The van der Waals surface area contributed by atoms with Crippen LogP contribution in [0.25, 0.3) is 0 Å². The number of piperidine rings is 1. The molecule has 1 fully saturated rings. The first-order valence-corrected chi connectivity index (χ1v) is 24.1. The van der Waals surface area contributed by atoms with Crippen LogP contribution in [0.15, 0.2) is 78.9 Å². The second-order valence-electron chi connectivity index (χ2n) is 20.0. The lowest BCUT2D eigenvalue weighted by Crippen LogP contribution is -2.58. The van der Waals surface area contributed by atoms with Gasteiger partial charge in [-0.2, -0.15) is 10.1 Å². The van der Waals surface area contributed by atoms with E-state index in [1.807, 2.05) is 13.8 Å². The summed E-state index contributed by atoms with van der Waals surface area (Å²) in [6.45, 7) is 36.8. The molecule has 1 N–H and O–H groups in total. The summed E-state index contributed by atoms with van der Waals surface area (Å²) in [6.07, 6.45) is 10.5. The molecule has 0 spiro atoms. The zero-order chi connectivity index (χ0) is 46.6. The lowest BCUT2D eigenvalue weighted by molar-refractivity contribution is -0.304. The topological polar surface area (TPSA) is 62.2 Å². The van der Waals surface area contributed by atoms with Crippen LogP contribution in [0.2, 0.25) is 0 Å². The molecule has 1 heterocycles. The average molecular weight is 910 g/mol. The molecule has 3 aromatic rings. The highest BCUT2D eigenvalue weighted by Crippen LogP contribution is 2.41. The molecule has 0 bridgehead atoms. The molecule has 4 rings (SSSR count). The van der Waals surface area contributed by atoms with Crippen molar-refractivity contribution < 1.29 is 19.6 Å². The van der Waals surface area contributed by atoms with Crippen LogP contribution in [0.4, 0.5) is 0 Å². The Hall–Kier alpha value is -2.39. The first-order valence-electron chi connectivity index (χ1n) is 23.3. The smallest absolute Gasteiger partial charge is 0.145 e. The van der Waals surface area contributed by atoms with E-state index in [0.29, 0.717) is 12.5 Å². The number of aliphatic hydroxyl groups excluding tert-OH is 1. The molecule has 0 saturated carbocycles. The number of hydrogen-bond donors (Lipinski definition) is 1. The Balaban J connectivity index is 0.000000487. The van der Waals surface area contributed by atoms with E-state index in [4.69, 9.17) is 14.8 Å². The number of halogens is 1. The summed E-state index contributed by atoms with van der Waals surface area (Å²) >= 11 is 3.19. The highest BCUT2D eigenvalue weighted by molar-refractivity contribution is 9.10. The molecule has 0 amide bonds. The summed E-state index contributed by atoms with van der Waals surface area (Å²) in [7, 11) is 0. The Labute approximate surface area is 383 Å². The van der Waals surface area contributed by atoms with Gasteiger partial charge >= 0.3 is 0 Å². The zero-order valence-corrected chi connectivity index (χ0v) is 43.4. The molecule has 0 radical (unpaired) electrons. The fourth-order valence-electron chi connectivity index (χ4n) is 7.44. The van der Waals surface area contributed by atoms with Gasteiger partial charge in [0.05, 0.1) is 10.4 Å². The van der Waals surface area contributed by atoms with Gasteiger partial charge < -0.3 is 5.11 Å². The van der Waals surface area contributed by atoms with Crippen molar-refractivity contribution in [1.29, 1.82) is 0 Å². The summed E-state index contributed by atoms with van der Waals surface area (Å²) in [6, 6.07) is 28.7. The maximum atomic E-state index is 10.4. The van der Waals surface area contributed by atoms with Crippen LogP contribution < -0.4 is 0 Å². The van der Waals surface area contributed by atoms with Crippen LogP contribution in [0.1, 0.15) is 209 Å². The molecule has 3 aromatic carbocycles. The maximum Gasteiger partial charge on any atom is 0.145 e. The van der Waals surface area contributed by atoms with Gasteiger partial charge in [-0.05, 0) is 155 Å². The molecule has 0 aliphatic carbocycles. The Bertz CT molecular complexity index is 1590. The van der Waals surface area contributed by atoms with E-state index < -0.39 is 0 Å². The quantitative estimate of drug-likeness (QED) is 0.114. The highest BCUT2D eigenvalue weighted by atomic mass is 79.9. The van der Waals surface area contributed by atoms with Gasteiger partial charge in [-0.15, -0.1) is 0 Å². The largest absolute Gasteiger partial charge is 0.396 e. The van der Waals surface area contributed by atoms with Crippen molar-refractivity contribution in [3.8, 4) is 0 Å². The second kappa shape index (κ2) is 27.1. The standard InChI is InChI=1S/C25H37NO.C20H33NO.C5H9BrO.C4H10O/c1-8-12-21-15-17-22(18-16-21)20(4)27-26(25(5,6)7)24(19(2)3)23-13-10-9-11-14-23;1-7-9-17-10-12-18(13-11-17)16(2)22-21-19(3,4)14-8-15-20(21,5)6;1-4(7)5(2,3)6;1-2-3-4-5/h9-11,13-20,24H,8,12H2,1-7H3;10-13,16H,7-9,14-15H2,1-6H3;1-3H3;5H,2-4H2,1H3. The minimum Gasteiger partial charge on any atom is -0.396 e. The number of rotatable bonds is 16. The first kappa shape index (κ1) is 56.6. The second-order valence-corrected chi connectivity index (χ2v) is 21.9. The van der Waals surface area contributed by atoms with Gasteiger partial charge in [-0.1, -0.05) is 149 Å². The average Bonchev–Trinajstić information content (AvgIpc) is 3.17. The lowest BCUT2D eigenvalue weighted by Gasteiger charge is -2.52.